The molecule has 2 N–H and O–H groups in total. The third-order valence-corrected chi connectivity index (χ3v) is 2.47. The third kappa shape index (κ3) is 0.901. The van der Waals surface area contributed by atoms with Gasteiger partial charge < -0.3 is 5.11 Å². The van der Waals surface area contributed by atoms with E-state index in [1.165, 1.54) is 14.1 Å². The monoisotopic (exact) mass is 211 g/mol. The van der Waals surface area contributed by atoms with Gasteiger partial charge in [0.05, 0.1) is 0 Å². The normalized spacial score (nSPS) is 28.7. The largest absolute Gasteiger partial charge is 0.478 e. The van der Waals surface area contributed by atoms with Gasteiger partial charge in [-0.3, -0.25) is 15.2 Å². The summed E-state index contributed by atoms with van der Waals surface area (Å²) in [7, 11) is 2.82. The van der Waals surface area contributed by atoms with Gasteiger partial charge in [0.25, 0.3) is 5.66 Å². The molecule has 1 atom stereocenters. The maximum atomic E-state index is 11.6. The van der Waals surface area contributed by atoms with E-state index in [0.717, 1.165) is 16.1 Å². The van der Waals surface area contributed by atoms with Crippen molar-refractivity contribution in [3.8, 4) is 0 Å². The highest BCUT2D eigenvalue weighted by Crippen LogP contribution is 2.29. The standard InChI is InChI=1S/C7H9N5O3/c1-11-4-7(5(13)14,8-3-9-10-4)12(2)6(11)15/h3H,1-2H3,(H,8,9)(H,13,14)/t7-/m1/s1. The van der Waals surface area contributed by atoms with E-state index in [9.17, 15) is 9.59 Å². The van der Waals surface area contributed by atoms with E-state index in [0.29, 0.717) is 0 Å². The van der Waals surface area contributed by atoms with Crippen LogP contribution in [0, 0.1) is 0 Å². The van der Waals surface area contributed by atoms with E-state index in [2.05, 4.69) is 15.5 Å². The van der Waals surface area contributed by atoms with Crippen LogP contribution in [0.3, 0.4) is 0 Å². The van der Waals surface area contributed by atoms with Crippen molar-refractivity contribution >= 4 is 24.2 Å². The van der Waals surface area contributed by atoms with Crippen LogP contribution in [0.1, 0.15) is 0 Å². The van der Waals surface area contributed by atoms with Crippen molar-refractivity contribution in [2.75, 3.05) is 14.1 Å². The second-order valence-electron chi connectivity index (χ2n) is 3.20. The van der Waals surface area contributed by atoms with Crippen molar-refractivity contribution in [1.29, 1.82) is 0 Å². The van der Waals surface area contributed by atoms with Gasteiger partial charge in [-0.05, 0) is 0 Å². The number of carboxylic acids is 1. The molecule has 80 valence electrons. The summed E-state index contributed by atoms with van der Waals surface area (Å²) in [5.41, 5.74) is 0.695. The number of nitrogens with zero attached hydrogens (tertiary/aromatic N) is 4. The Bertz CT molecular complexity index is 403. The average molecular weight is 211 g/mol. The second-order valence-corrected chi connectivity index (χ2v) is 3.20. The lowest BCUT2D eigenvalue weighted by Gasteiger charge is -2.27. The fraction of sp³-hybridized carbons (Fsp3) is 0.429. The molecule has 2 aliphatic heterocycles. The first kappa shape index (κ1) is 9.44. The number of amides is 2. The van der Waals surface area contributed by atoms with E-state index in [-0.39, 0.29) is 5.84 Å². The zero-order chi connectivity index (χ0) is 11.2. The predicted octanol–water partition coefficient (Wildman–Crippen LogP) is -1.29. The van der Waals surface area contributed by atoms with Gasteiger partial charge in [-0.2, -0.15) is 5.10 Å². The first-order valence-corrected chi connectivity index (χ1v) is 4.14. The Kier molecular flexibility index (Phi) is 1.69. The number of rotatable bonds is 1. The summed E-state index contributed by atoms with van der Waals surface area (Å²) < 4.78 is 0. The number of hydrazone groups is 1. The number of urea groups is 1. The zero-order valence-electron chi connectivity index (χ0n) is 8.13. The van der Waals surface area contributed by atoms with Crippen LogP contribution in [0.15, 0.2) is 10.1 Å². The molecule has 0 saturated carbocycles. The Labute approximate surface area is 84.9 Å². The molecule has 8 heteroatoms. The van der Waals surface area contributed by atoms with Crippen LogP contribution in [-0.4, -0.2) is 58.8 Å². The SMILES string of the molecule is CN1C(=O)N(C)[C@]2(C(=O)O)N=CNN=C12. The van der Waals surface area contributed by atoms with Gasteiger partial charge in [-0.15, -0.1) is 0 Å². The molecule has 0 aromatic rings. The van der Waals surface area contributed by atoms with Crippen molar-refractivity contribution in [3.63, 3.8) is 0 Å². The number of likely N-dealkylation sites (N-methyl/N-ethyl adjacent to an activating group) is 2. The highest BCUT2D eigenvalue weighted by Gasteiger charge is 2.59. The molecule has 0 aromatic carbocycles. The van der Waals surface area contributed by atoms with Gasteiger partial charge in [0.2, 0.25) is 0 Å². The van der Waals surface area contributed by atoms with Crippen LogP contribution >= 0.6 is 0 Å². The number of carboxylic acid groups (broad SMARTS) is 1. The smallest absolute Gasteiger partial charge is 0.361 e. The molecule has 2 rings (SSSR count). The van der Waals surface area contributed by atoms with Crippen LogP contribution in [0.25, 0.3) is 0 Å². The molecular formula is C7H9N5O3. The summed E-state index contributed by atoms with van der Waals surface area (Å²) in [6, 6.07) is -0.461. The minimum atomic E-state index is -1.73. The summed E-state index contributed by atoms with van der Waals surface area (Å²) in [4.78, 5) is 28.8. The van der Waals surface area contributed by atoms with Crippen LogP contribution in [0.2, 0.25) is 0 Å². The number of fused-ring (bicyclic) bond motifs is 1. The van der Waals surface area contributed by atoms with Gasteiger partial charge in [0.1, 0.15) is 6.34 Å². The number of amidine groups is 1. The Morgan fingerprint density at radius 1 is 1.60 bits per heavy atom. The second kappa shape index (κ2) is 2.69. The molecule has 0 aromatic heterocycles. The van der Waals surface area contributed by atoms with Gasteiger partial charge in [-0.25, -0.2) is 14.6 Å². The molecule has 0 spiro atoms. The molecule has 2 amide bonds. The van der Waals surface area contributed by atoms with Gasteiger partial charge in [-0.1, -0.05) is 0 Å². The van der Waals surface area contributed by atoms with E-state index >= 15 is 0 Å². The van der Waals surface area contributed by atoms with E-state index in [1.807, 2.05) is 0 Å². The van der Waals surface area contributed by atoms with Crippen molar-refractivity contribution in [2.24, 2.45) is 10.1 Å². The van der Waals surface area contributed by atoms with Crippen LogP contribution in [-0.2, 0) is 4.79 Å². The Hall–Kier alpha value is -2.12. The molecule has 0 aliphatic carbocycles. The Balaban J connectivity index is 2.61. The maximum absolute atomic E-state index is 11.6. The lowest BCUT2D eigenvalue weighted by atomic mass is 10.1. The number of carbonyl (C=O) groups is 2. The van der Waals surface area contributed by atoms with Crippen LogP contribution < -0.4 is 5.43 Å². The van der Waals surface area contributed by atoms with Gasteiger partial charge in [0.15, 0.2) is 5.84 Å². The number of hydrogen-bond donors (Lipinski definition) is 2. The first-order valence-electron chi connectivity index (χ1n) is 4.14. The number of carbonyl (C=O) groups excluding carboxylic acids is 1. The van der Waals surface area contributed by atoms with Crippen molar-refractivity contribution in [3.05, 3.63) is 0 Å². The van der Waals surface area contributed by atoms with Crippen molar-refractivity contribution in [1.82, 2.24) is 15.2 Å². The summed E-state index contributed by atoms with van der Waals surface area (Å²) in [5, 5.41) is 12.9. The summed E-state index contributed by atoms with van der Waals surface area (Å²) >= 11 is 0. The maximum Gasteiger partial charge on any atom is 0.361 e. The molecule has 0 unspecified atom stereocenters. The molecule has 15 heavy (non-hydrogen) atoms. The van der Waals surface area contributed by atoms with Crippen molar-refractivity contribution in [2.45, 2.75) is 5.66 Å². The number of hydrogen-bond acceptors (Lipinski definition) is 5. The molecule has 2 aliphatic rings. The quantitative estimate of drug-likeness (QED) is 0.563. The zero-order valence-corrected chi connectivity index (χ0v) is 8.13. The fourth-order valence-corrected chi connectivity index (χ4v) is 1.64. The Morgan fingerprint density at radius 3 is 2.80 bits per heavy atom. The average Bonchev–Trinajstić information content (AvgIpc) is 2.43. The molecule has 0 radical (unpaired) electrons. The summed E-state index contributed by atoms with van der Waals surface area (Å²) in [6.07, 6.45) is 1.15. The molecule has 1 fully saturated rings. The number of aliphatic carboxylic acids is 1. The summed E-state index contributed by atoms with van der Waals surface area (Å²) in [5.74, 6) is -1.18. The topological polar surface area (TPSA) is 97.6 Å². The van der Waals surface area contributed by atoms with Gasteiger partial charge in [0, 0.05) is 14.1 Å². The van der Waals surface area contributed by atoms with Crippen molar-refractivity contribution < 1.29 is 14.7 Å². The summed E-state index contributed by atoms with van der Waals surface area (Å²) in [6.45, 7) is 0. The van der Waals surface area contributed by atoms with E-state index in [1.54, 1.807) is 0 Å². The molecule has 2 heterocycles. The number of nitrogens with one attached hydrogen (secondary N) is 1. The predicted molar refractivity (Wildman–Crippen MR) is 50.4 cm³/mol. The minimum absolute atomic E-state index is 0.0602. The molecular weight excluding hydrogens is 202 g/mol. The van der Waals surface area contributed by atoms with Crippen LogP contribution in [0.4, 0.5) is 4.79 Å². The molecule has 0 bridgehead atoms. The van der Waals surface area contributed by atoms with E-state index in [4.69, 9.17) is 5.11 Å². The lowest BCUT2D eigenvalue weighted by Crippen LogP contribution is -2.55. The minimum Gasteiger partial charge on any atom is -0.478 e. The highest BCUT2D eigenvalue weighted by atomic mass is 16.4. The number of aliphatic imine (C=N–C) groups is 1. The molecule has 8 nitrogen and oxygen atoms in total. The Morgan fingerprint density at radius 2 is 2.27 bits per heavy atom. The van der Waals surface area contributed by atoms with Gasteiger partial charge >= 0.3 is 12.0 Å². The molecule has 1 saturated heterocycles. The third-order valence-electron chi connectivity index (χ3n) is 2.47. The first-order chi connectivity index (χ1) is 7.01. The van der Waals surface area contributed by atoms with Crippen LogP contribution in [0.5, 0.6) is 0 Å². The fourth-order valence-electron chi connectivity index (χ4n) is 1.64. The highest BCUT2D eigenvalue weighted by molar-refractivity contribution is 6.21. The van der Waals surface area contributed by atoms with E-state index < -0.39 is 17.7 Å². The lowest BCUT2D eigenvalue weighted by molar-refractivity contribution is -0.144.